The van der Waals surface area contributed by atoms with Crippen LogP contribution in [0, 0.1) is 5.82 Å². The number of carbonyl (C=O) groups excluding carboxylic acids is 1. The van der Waals surface area contributed by atoms with Crippen LogP contribution in [0.3, 0.4) is 0 Å². The summed E-state index contributed by atoms with van der Waals surface area (Å²) in [7, 11) is 1.46. The fourth-order valence-electron chi connectivity index (χ4n) is 2.59. The Morgan fingerprint density at radius 1 is 1.50 bits per heavy atom. The molecule has 0 bridgehead atoms. The van der Waals surface area contributed by atoms with Crippen LogP contribution in [0.2, 0.25) is 0 Å². The second kappa shape index (κ2) is 6.85. The van der Waals surface area contributed by atoms with Crippen LogP contribution in [-0.2, 0) is 14.3 Å². The second-order valence-corrected chi connectivity index (χ2v) is 5.27. The van der Waals surface area contributed by atoms with Crippen molar-refractivity contribution in [3.63, 3.8) is 0 Å². The van der Waals surface area contributed by atoms with E-state index in [0.717, 1.165) is 6.07 Å². The molecule has 3 unspecified atom stereocenters. The van der Waals surface area contributed by atoms with E-state index in [1.54, 1.807) is 0 Å². The van der Waals surface area contributed by atoms with Crippen LogP contribution in [-0.4, -0.2) is 52.8 Å². The van der Waals surface area contributed by atoms with Crippen molar-refractivity contribution in [1.82, 2.24) is 4.90 Å². The number of methoxy groups -OCH3 is 1. The minimum absolute atomic E-state index is 0.169. The standard InChI is InChI=1S/C15H18FNO5/c1-22-11-6-12(15(20)21)17(8-11)14(19)7-13(18)9-3-2-4-10(16)5-9/h2-5,11-13,18H,6-8H2,1H3,(H,20,21). The molecule has 7 heteroatoms. The van der Waals surface area contributed by atoms with Gasteiger partial charge in [-0.1, -0.05) is 12.1 Å². The van der Waals surface area contributed by atoms with Crippen LogP contribution in [0.5, 0.6) is 0 Å². The molecule has 6 nitrogen and oxygen atoms in total. The monoisotopic (exact) mass is 311 g/mol. The number of carbonyl (C=O) groups is 2. The summed E-state index contributed by atoms with van der Waals surface area (Å²) in [5.41, 5.74) is 0.280. The van der Waals surface area contributed by atoms with Crippen LogP contribution in [0.1, 0.15) is 24.5 Å². The zero-order chi connectivity index (χ0) is 16.3. The fraction of sp³-hybridized carbons (Fsp3) is 0.467. The van der Waals surface area contributed by atoms with E-state index in [2.05, 4.69) is 0 Å². The van der Waals surface area contributed by atoms with Gasteiger partial charge in [-0.3, -0.25) is 4.79 Å². The van der Waals surface area contributed by atoms with Crippen LogP contribution >= 0.6 is 0 Å². The van der Waals surface area contributed by atoms with E-state index >= 15 is 0 Å². The van der Waals surface area contributed by atoms with Gasteiger partial charge in [-0.25, -0.2) is 9.18 Å². The Bertz CT molecular complexity index is 565. The average Bonchev–Trinajstić information content (AvgIpc) is 2.91. The van der Waals surface area contributed by atoms with E-state index in [-0.39, 0.29) is 31.1 Å². The van der Waals surface area contributed by atoms with E-state index in [0.29, 0.717) is 0 Å². The number of amides is 1. The molecule has 120 valence electrons. The van der Waals surface area contributed by atoms with Crippen molar-refractivity contribution in [2.45, 2.75) is 31.1 Å². The molecule has 1 heterocycles. The molecule has 0 saturated carbocycles. The number of ether oxygens (including phenoxy) is 1. The summed E-state index contributed by atoms with van der Waals surface area (Å²) < 4.78 is 18.2. The maximum absolute atomic E-state index is 13.1. The van der Waals surface area contributed by atoms with Crippen LogP contribution < -0.4 is 0 Å². The number of aliphatic hydroxyl groups is 1. The number of aliphatic hydroxyl groups excluding tert-OH is 1. The SMILES string of the molecule is COC1CC(C(=O)O)N(C(=O)CC(O)c2cccc(F)c2)C1. The third-order valence-electron chi connectivity index (χ3n) is 3.80. The molecule has 0 aromatic heterocycles. The highest BCUT2D eigenvalue weighted by atomic mass is 19.1. The van der Waals surface area contributed by atoms with Gasteiger partial charge in [0.1, 0.15) is 11.9 Å². The Morgan fingerprint density at radius 2 is 2.23 bits per heavy atom. The minimum atomic E-state index is -1.18. The number of hydrogen-bond donors (Lipinski definition) is 2. The smallest absolute Gasteiger partial charge is 0.326 e. The van der Waals surface area contributed by atoms with Crippen molar-refractivity contribution >= 4 is 11.9 Å². The molecule has 3 atom stereocenters. The quantitative estimate of drug-likeness (QED) is 0.845. The predicted octanol–water partition coefficient (Wildman–Crippen LogP) is 0.950. The second-order valence-electron chi connectivity index (χ2n) is 5.27. The predicted molar refractivity (Wildman–Crippen MR) is 74.5 cm³/mol. The van der Waals surface area contributed by atoms with Gasteiger partial charge < -0.3 is 19.8 Å². The number of carboxylic acid groups (broad SMARTS) is 1. The van der Waals surface area contributed by atoms with E-state index in [4.69, 9.17) is 4.74 Å². The first-order chi connectivity index (χ1) is 10.4. The lowest BCUT2D eigenvalue weighted by atomic mass is 10.1. The van der Waals surface area contributed by atoms with Crippen molar-refractivity contribution in [3.8, 4) is 0 Å². The first kappa shape index (κ1) is 16.4. The topological polar surface area (TPSA) is 87.1 Å². The number of nitrogens with zero attached hydrogens (tertiary/aromatic N) is 1. The molecule has 1 fully saturated rings. The van der Waals surface area contributed by atoms with Crippen LogP contribution in [0.15, 0.2) is 24.3 Å². The van der Waals surface area contributed by atoms with Crippen molar-refractivity contribution in [2.24, 2.45) is 0 Å². The number of carboxylic acids is 1. The highest BCUT2D eigenvalue weighted by Gasteiger charge is 2.40. The lowest BCUT2D eigenvalue weighted by molar-refractivity contribution is -0.149. The van der Waals surface area contributed by atoms with E-state index in [1.165, 1.54) is 30.2 Å². The van der Waals surface area contributed by atoms with E-state index in [9.17, 15) is 24.2 Å². The number of rotatable bonds is 5. The molecule has 2 rings (SSSR count). The molecule has 0 radical (unpaired) electrons. The normalized spacial score (nSPS) is 22.6. The van der Waals surface area contributed by atoms with Gasteiger partial charge in [0.05, 0.1) is 18.6 Å². The molecule has 1 aromatic rings. The van der Waals surface area contributed by atoms with E-state index < -0.39 is 29.8 Å². The molecule has 1 aliphatic rings. The summed E-state index contributed by atoms with van der Waals surface area (Å²) in [4.78, 5) is 24.7. The molecule has 2 N–H and O–H groups in total. The van der Waals surface area contributed by atoms with Gasteiger partial charge in [-0.2, -0.15) is 0 Å². The Kier molecular flexibility index (Phi) is 5.10. The van der Waals surface area contributed by atoms with Crippen molar-refractivity contribution in [1.29, 1.82) is 0 Å². The maximum atomic E-state index is 13.1. The summed E-state index contributed by atoms with van der Waals surface area (Å²) >= 11 is 0. The van der Waals surface area contributed by atoms with Gasteiger partial charge in [0.15, 0.2) is 0 Å². The molecule has 22 heavy (non-hydrogen) atoms. The Labute approximate surface area is 127 Å². The lowest BCUT2D eigenvalue weighted by Crippen LogP contribution is -2.41. The summed E-state index contributed by atoms with van der Waals surface area (Å²) in [5.74, 6) is -2.11. The molecule has 0 aliphatic carbocycles. The van der Waals surface area contributed by atoms with Gasteiger partial charge in [-0.15, -0.1) is 0 Å². The molecule has 1 aromatic carbocycles. The fourth-order valence-corrected chi connectivity index (χ4v) is 2.59. The Morgan fingerprint density at radius 3 is 2.82 bits per heavy atom. The first-order valence-electron chi connectivity index (χ1n) is 6.91. The largest absolute Gasteiger partial charge is 0.480 e. The Balaban J connectivity index is 2.06. The maximum Gasteiger partial charge on any atom is 0.326 e. The molecule has 0 spiro atoms. The molecular formula is C15H18FNO5. The van der Waals surface area contributed by atoms with E-state index in [1.807, 2.05) is 0 Å². The highest BCUT2D eigenvalue weighted by molar-refractivity contribution is 5.84. The minimum Gasteiger partial charge on any atom is -0.480 e. The molecule has 1 amide bonds. The zero-order valence-electron chi connectivity index (χ0n) is 12.1. The van der Waals surface area contributed by atoms with Crippen molar-refractivity contribution in [2.75, 3.05) is 13.7 Å². The van der Waals surface area contributed by atoms with Gasteiger partial charge in [-0.05, 0) is 17.7 Å². The summed E-state index contributed by atoms with van der Waals surface area (Å²) in [6.07, 6.45) is -1.60. The highest BCUT2D eigenvalue weighted by Crippen LogP contribution is 2.24. The zero-order valence-corrected chi connectivity index (χ0v) is 12.1. The third kappa shape index (κ3) is 3.61. The molecular weight excluding hydrogens is 293 g/mol. The number of hydrogen-bond acceptors (Lipinski definition) is 4. The van der Waals surface area contributed by atoms with Crippen LogP contribution in [0.25, 0.3) is 0 Å². The van der Waals surface area contributed by atoms with Gasteiger partial charge in [0.25, 0.3) is 0 Å². The van der Waals surface area contributed by atoms with Gasteiger partial charge in [0.2, 0.25) is 5.91 Å². The number of benzene rings is 1. The third-order valence-corrected chi connectivity index (χ3v) is 3.80. The summed E-state index contributed by atoms with van der Waals surface area (Å²) in [6, 6.07) is 4.38. The number of aliphatic carboxylic acids is 1. The van der Waals surface area contributed by atoms with Crippen molar-refractivity contribution < 1.29 is 28.9 Å². The number of likely N-dealkylation sites (tertiary alicyclic amines) is 1. The van der Waals surface area contributed by atoms with Crippen LogP contribution in [0.4, 0.5) is 4.39 Å². The van der Waals surface area contributed by atoms with Crippen molar-refractivity contribution in [3.05, 3.63) is 35.6 Å². The Hall–Kier alpha value is -1.99. The average molecular weight is 311 g/mol. The molecule has 1 saturated heterocycles. The first-order valence-corrected chi connectivity index (χ1v) is 6.91. The molecule has 1 aliphatic heterocycles. The lowest BCUT2D eigenvalue weighted by Gasteiger charge is -2.22. The number of halogens is 1. The van der Waals surface area contributed by atoms with Gasteiger partial charge in [0, 0.05) is 20.1 Å². The summed E-state index contributed by atoms with van der Waals surface area (Å²) in [6.45, 7) is 0.169. The van der Waals surface area contributed by atoms with Gasteiger partial charge >= 0.3 is 5.97 Å². The summed E-state index contributed by atoms with van der Waals surface area (Å²) in [5, 5.41) is 19.2.